The van der Waals surface area contributed by atoms with Gasteiger partial charge in [0.15, 0.2) is 5.16 Å². The molecule has 1 N–H and O–H groups in total. The van der Waals surface area contributed by atoms with Crippen molar-refractivity contribution >= 4 is 23.5 Å². The van der Waals surface area contributed by atoms with Crippen LogP contribution in [0.3, 0.4) is 0 Å². The molecule has 2 aromatic heterocycles. The van der Waals surface area contributed by atoms with E-state index in [0.717, 1.165) is 16.9 Å². The molecule has 0 fully saturated rings. The summed E-state index contributed by atoms with van der Waals surface area (Å²) in [5, 5.41) is 16.2. The van der Waals surface area contributed by atoms with E-state index < -0.39 is 0 Å². The van der Waals surface area contributed by atoms with Crippen molar-refractivity contribution < 1.29 is 4.79 Å². The molecule has 0 unspecified atom stereocenters. The number of carbonyl (C=O) groups excluding carboxylic acids is 1. The molecular weight excluding hydrogens is 384 g/mol. The Morgan fingerprint density at radius 2 is 1.86 bits per heavy atom. The Morgan fingerprint density at radius 3 is 2.55 bits per heavy atom. The summed E-state index contributed by atoms with van der Waals surface area (Å²) in [5.41, 5.74) is 3.85. The van der Waals surface area contributed by atoms with Gasteiger partial charge in [0.2, 0.25) is 5.91 Å². The van der Waals surface area contributed by atoms with E-state index in [0.29, 0.717) is 11.0 Å². The fourth-order valence-electron chi connectivity index (χ4n) is 2.81. The lowest BCUT2D eigenvalue weighted by Crippen LogP contribution is -2.17. The Kier molecular flexibility index (Phi) is 5.44. The van der Waals surface area contributed by atoms with Crippen molar-refractivity contribution in [3.8, 4) is 16.9 Å². The van der Waals surface area contributed by atoms with Gasteiger partial charge in [-0.25, -0.2) is 4.68 Å². The van der Waals surface area contributed by atoms with Gasteiger partial charge in [-0.15, -0.1) is 10.2 Å². The highest BCUT2D eigenvalue weighted by Gasteiger charge is 2.15. The van der Waals surface area contributed by atoms with E-state index >= 15 is 0 Å². The van der Waals surface area contributed by atoms with E-state index in [9.17, 15) is 4.79 Å². The van der Waals surface area contributed by atoms with Crippen molar-refractivity contribution in [2.75, 3.05) is 11.1 Å². The number of hydrogen-bond donors (Lipinski definition) is 1. The molecule has 0 saturated heterocycles. The first-order valence-corrected chi connectivity index (χ1v) is 10.1. The minimum Gasteiger partial charge on any atom is -0.312 e. The predicted molar refractivity (Wildman–Crippen MR) is 114 cm³/mol. The second-order valence-corrected chi connectivity index (χ2v) is 7.53. The van der Waals surface area contributed by atoms with Gasteiger partial charge in [-0.05, 0) is 19.1 Å². The first-order valence-electron chi connectivity index (χ1n) is 9.09. The topological polar surface area (TPSA) is 77.6 Å². The van der Waals surface area contributed by atoms with Gasteiger partial charge < -0.3 is 9.88 Å². The molecule has 7 nitrogen and oxygen atoms in total. The molecule has 0 aliphatic heterocycles. The van der Waals surface area contributed by atoms with Crippen molar-refractivity contribution in [1.82, 2.24) is 24.5 Å². The summed E-state index contributed by atoms with van der Waals surface area (Å²) in [7, 11) is 1.85. The van der Waals surface area contributed by atoms with Crippen LogP contribution in [0.4, 0.5) is 5.82 Å². The van der Waals surface area contributed by atoms with Crippen LogP contribution in [-0.4, -0.2) is 36.2 Å². The zero-order valence-electron chi connectivity index (χ0n) is 16.1. The number of hydrogen-bond acceptors (Lipinski definition) is 5. The summed E-state index contributed by atoms with van der Waals surface area (Å²) >= 11 is 1.34. The lowest BCUT2D eigenvalue weighted by molar-refractivity contribution is -0.113. The van der Waals surface area contributed by atoms with Gasteiger partial charge in [0.05, 0.1) is 17.1 Å². The summed E-state index contributed by atoms with van der Waals surface area (Å²) in [5.74, 6) is 0.715. The van der Waals surface area contributed by atoms with E-state index in [1.165, 1.54) is 17.3 Å². The van der Waals surface area contributed by atoms with Gasteiger partial charge in [-0.1, -0.05) is 59.8 Å². The Bertz CT molecular complexity index is 1120. The maximum absolute atomic E-state index is 12.6. The van der Waals surface area contributed by atoms with Crippen LogP contribution in [0, 0.1) is 6.92 Å². The predicted octanol–water partition coefficient (Wildman–Crippen LogP) is 3.71. The minimum atomic E-state index is -0.134. The Labute approximate surface area is 172 Å². The average Bonchev–Trinajstić information content (AvgIpc) is 3.34. The van der Waals surface area contributed by atoms with E-state index in [1.807, 2.05) is 74.6 Å². The van der Waals surface area contributed by atoms with Crippen molar-refractivity contribution in [3.05, 3.63) is 72.6 Å². The molecule has 2 aromatic carbocycles. The molecular formula is C21H20N6OS. The summed E-state index contributed by atoms with van der Waals surface area (Å²) in [4.78, 5) is 12.6. The molecule has 0 aliphatic carbocycles. The normalized spacial score (nSPS) is 10.8. The number of nitrogens with one attached hydrogen (secondary N) is 1. The zero-order valence-corrected chi connectivity index (χ0v) is 16.9. The molecule has 0 atom stereocenters. The quantitative estimate of drug-likeness (QED) is 0.496. The number of amides is 1. The number of aromatic nitrogens is 5. The van der Waals surface area contributed by atoms with Gasteiger partial charge in [0.1, 0.15) is 12.1 Å². The number of nitrogens with zero attached hydrogens (tertiary/aromatic N) is 5. The third-order valence-corrected chi connectivity index (χ3v) is 5.36. The van der Waals surface area contributed by atoms with Crippen LogP contribution in [0.2, 0.25) is 0 Å². The highest BCUT2D eigenvalue weighted by atomic mass is 32.2. The van der Waals surface area contributed by atoms with E-state index in [4.69, 9.17) is 5.10 Å². The number of rotatable bonds is 6. The van der Waals surface area contributed by atoms with Gasteiger partial charge in [-0.3, -0.25) is 4.79 Å². The monoisotopic (exact) mass is 404 g/mol. The lowest BCUT2D eigenvalue weighted by Gasteiger charge is -2.08. The van der Waals surface area contributed by atoms with Gasteiger partial charge in [0.25, 0.3) is 0 Å². The molecule has 8 heteroatoms. The standard InChI is InChI=1S/C21H20N6OS/c1-15-8-10-16(11-9-15)18-12-19(27(25-18)17-6-4-3-5-7-17)23-20(28)13-29-21-24-22-14-26(21)2/h3-12,14H,13H2,1-2H3,(H,23,28). The molecule has 0 saturated carbocycles. The summed E-state index contributed by atoms with van der Waals surface area (Å²) < 4.78 is 3.53. The van der Waals surface area contributed by atoms with Crippen LogP contribution in [0.1, 0.15) is 5.56 Å². The van der Waals surface area contributed by atoms with Crippen molar-refractivity contribution in [1.29, 1.82) is 0 Å². The number of thioether (sulfide) groups is 1. The van der Waals surface area contributed by atoms with Crippen LogP contribution in [0.15, 0.2) is 72.1 Å². The smallest absolute Gasteiger partial charge is 0.236 e. The highest BCUT2D eigenvalue weighted by molar-refractivity contribution is 7.99. The molecule has 0 bridgehead atoms. The molecule has 146 valence electrons. The van der Waals surface area contributed by atoms with E-state index in [-0.39, 0.29) is 11.7 Å². The molecule has 4 aromatic rings. The van der Waals surface area contributed by atoms with Gasteiger partial charge in [-0.2, -0.15) is 5.10 Å². The maximum atomic E-state index is 12.6. The van der Waals surface area contributed by atoms with Crippen LogP contribution in [0.25, 0.3) is 16.9 Å². The Hall–Kier alpha value is -3.39. The van der Waals surface area contributed by atoms with Gasteiger partial charge in [0, 0.05) is 18.7 Å². The van der Waals surface area contributed by atoms with Crippen LogP contribution >= 0.6 is 11.8 Å². The molecule has 4 rings (SSSR count). The second kappa shape index (κ2) is 8.32. The number of carbonyl (C=O) groups is 1. The summed E-state index contributed by atoms with van der Waals surface area (Å²) in [6.45, 7) is 2.05. The van der Waals surface area contributed by atoms with Crippen LogP contribution in [0.5, 0.6) is 0 Å². The summed E-state index contributed by atoms with van der Waals surface area (Å²) in [6, 6.07) is 19.8. The van der Waals surface area contributed by atoms with Crippen LogP contribution in [-0.2, 0) is 11.8 Å². The first-order chi connectivity index (χ1) is 14.1. The van der Waals surface area contributed by atoms with E-state index in [2.05, 4.69) is 15.5 Å². The minimum absolute atomic E-state index is 0.134. The molecule has 0 radical (unpaired) electrons. The number of anilines is 1. The fraction of sp³-hybridized carbons (Fsp3) is 0.143. The highest BCUT2D eigenvalue weighted by Crippen LogP contribution is 2.25. The number of benzene rings is 2. The Morgan fingerprint density at radius 1 is 1.10 bits per heavy atom. The molecule has 0 aliphatic rings. The van der Waals surface area contributed by atoms with Crippen molar-refractivity contribution in [2.24, 2.45) is 7.05 Å². The fourth-order valence-corrected chi connectivity index (χ4v) is 3.50. The van der Waals surface area contributed by atoms with E-state index in [1.54, 1.807) is 15.6 Å². The third-order valence-electron chi connectivity index (χ3n) is 4.33. The first kappa shape index (κ1) is 18.9. The maximum Gasteiger partial charge on any atom is 0.236 e. The zero-order chi connectivity index (χ0) is 20.2. The summed E-state index contributed by atoms with van der Waals surface area (Å²) in [6.07, 6.45) is 1.61. The average molecular weight is 404 g/mol. The Balaban J connectivity index is 1.59. The largest absolute Gasteiger partial charge is 0.312 e. The lowest BCUT2D eigenvalue weighted by atomic mass is 10.1. The molecule has 1 amide bonds. The third kappa shape index (κ3) is 4.38. The number of para-hydroxylation sites is 1. The molecule has 0 spiro atoms. The molecule has 29 heavy (non-hydrogen) atoms. The SMILES string of the molecule is Cc1ccc(-c2cc(NC(=O)CSc3nncn3C)n(-c3ccccc3)n2)cc1. The van der Waals surface area contributed by atoms with Crippen LogP contribution < -0.4 is 5.32 Å². The van der Waals surface area contributed by atoms with Crippen molar-refractivity contribution in [3.63, 3.8) is 0 Å². The van der Waals surface area contributed by atoms with Gasteiger partial charge >= 0.3 is 0 Å². The molecule has 2 heterocycles. The second-order valence-electron chi connectivity index (χ2n) is 6.59. The van der Waals surface area contributed by atoms with Crippen molar-refractivity contribution in [2.45, 2.75) is 12.1 Å². The number of aryl methyl sites for hydroxylation is 2.